The fraction of sp³-hybridized carbons (Fsp3) is 0.286. The standard InChI is InChI=1S/C21H24N4O3S.ClH/c1-5-25(6-2)21(26)18-13-22-20-17(12-7-14(3)23-20)19(18)24-15-8-10-16(11-9-15)29(4,27)28;/h7-13H,5-6H2,1-4H3,(H,22,23,24);1H. The van der Waals surface area contributed by atoms with E-state index in [1.165, 1.54) is 18.4 Å². The smallest absolute Gasteiger partial charge is 0.257 e. The van der Waals surface area contributed by atoms with Crippen molar-refractivity contribution in [1.29, 1.82) is 0 Å². The quantitative estimate of drug-likeness (QED) is 0.613. The first-order valence-electron chi connectivity index (χ1n) is 9.37. The normalized spacial score (nSPS) is 11.1. The molecule has 2 heterocycles. The maximum absolute atomic E-state index is 13.1. The minimum Gasteiger partial charge on any atom is -0.354 e. The Morgan fingerprint density at radius 3 is 2.27 bits per heavy atom. The maximum Gasteiger partial charge on any atom is 0.257 e. The lowest BCUT2D eigenvalue weighted by molar-refractivity contribution is 0.0773. The number of carbonyl (C=O) groups is 1. The third kappa shape index (κ3) is 4.88. The largest absolute Gasteiger partial charge is 0.354 e. The van der Waals surface area contributed by atoms with Gasteiger partial charge in [0.25, 0.3) is 5.91 Å². The van der Waals surface area contributed by atoms with Crippen LogP contribution in [0.5, 0.6) is 0 Å². The lowest BCUT2D eigenvalue weighted by Gasteiger charge is -2.21. The average Bonchev–Trinajstić information content (AvgIpc) is 2.68. The van der Waals surface area contributed by atoms with Crippen molar-refractivity contribution in [1.82, 2.24) is 14.9 Å². The predicted octanol–water partition coefficient (Wildman–Crippen LogP) is 3.99. The van der Waals surface area contributed by atoms with E-state index in [-0.39, 0.29) is 23.2 Å². The van der Waals surface area contributed by atoms with Crippen LogP contribution >= 0.6 is 12.4 Å². The fourth-order valence-electron chi connectivity index (χ4n) is 3.08. The molecule has 1 amide bonds. The number of hydrogen-bond donors (Lipinski definition) is 1. The van der Waals surface area contributed by atoms with Crippen molar-refractivity contribution in [2.45, 2.75) is 25.7 Å². The molecule has 1 N–H and O–H groups in total. The number of hydrogen-bond acceptors (Lipinski definition) is 6. The number of rotatable bonds is 6. The molecule has 0 bridgehead atoms. The van der Waals surface area contributed by atoms with Gasteiger partial charge >= 0.3 is 0 Å². The van der Waals surface area contributed by atoms with Gasteiger partial charge in [-0.25, -0.2) is 18.4 Å². The van der Waals surface area contributed by atoms with Gasteiger partial charge < -0.3 is 10.2 Å². The Hall–Kier alpha value is -2.71. The van der Waals surface area contributed by atoms with Crippen molar-refractivity contribution >= 4 is 50.6 Å². The number of carbonyl (C=O) groups excluding carboxylic acids is 1. The zero-order chi connectivity index (χ0) is 21.2. The second-order valence-corrected chi connectivity index (χ2v) is 8.79. The summed E-state index contributed by atoms with van der Waals surface area (Å²) in [6.07, 6.45) is 2.71. The van der Waals surface area contributed by atoms with E-state index < -0.39 is 9.84 Å². The zero-order valence-corrected chi connectivity index (χ0v) is 19.0. The molecule has 0 saturated heterocycles. The number of halogens is 1. The molecule has 0 fully saturated rings. The van der Waals surface area contributed by atoms with Crippen LogP contribution in [-0.4, -0.2) is 48.5 Å². The summed E-state index contributed by atoms with van der Waals surface area (Å²) in [5, 5.41) is 4.00. The van der Waals surface area contributed by atoms with Crippen LogP contribution in [0.25, 0.3) is 11.0 Å². The van der Waals surface area contributed by atoms with Gasteiger partial charge in [-0.15, -0.1) is 12.4 Å². The molecule has 0 radical (unpaired) electrons. The minimum absolute atomic E-state index is 0. The highest BCUT2D eigenvalue weighted by atomic mass is 35.5. The lowest BCUT2D eigenvalue weighted by Crippen LogP contribution is -2.31. The second-order valence-electron chi connectivity index (χ2n) is 6.77. The number of fused-ring (bicyclic) bond motifs is 1. The van der Waals surface area contributed by atoms with E-state index >= 15 is 0 Å². The topological polar surface area (TPSA) is 92.3 Å². The second kappa shape index (κ2) is 9.40. The number of amides is 1. The Bertz CT molecular complexity index is 1160. The van der Waals surface area contributed by atoms with Gasteiger partial charge in [0.2, 0.25) is 0 Å². The zero-order valence-electron chi connectivity index (χ0n) is 17.3. The molecule has 30 heavy (non-hydrogen) atoms. The Morgan fingerprint density at radius 2 is 1.70 bits per heavy atom. The Labute approximate surface area is 182 Å². The Morgan fingerprint density at radius 1 is 1.07 bits per heavy atom. The van der Waals surface area contributed by atoms with Crippen LogP contribution in [0.2, 0.25) is 0 Å². The number of anilines is 2. The highest BCUT2D eigenvalue weighted by molar-refractivity contribution is 7.90. The van der Waals surface area contributed by atoms with Crippen molar-refractivity contribution in [2.75, 3.05) is 24.7 Å². The molecule has 0 atom stereocenters. The van der Waals surface area contributed by atoms with Crippen LogP contribution in [0.1, 0.15) is 29.9 Å². The Kier molecular flexibility index (Phi) is 7.39. The van der Waals surface area contributed by atoms with Crippen LogP contribution in [0, 0.1) is 6.92 Å². The first-order valence-corrected chi connectivity index (χ1v) is 11.3. The monoisotopic (exact) mass is 448 g/mol. The predicted molar refractivity (Wildman–Crippen MR) is 122 cm³/mol. The molecule has 0 saturated carbocycles. The van der Waals surface area contributed by atoms with Gasteiger partial charge in [0.1, 0.15) is 0 Å². The van der Waals surface area contributed by atoms with Crippen LogP contribution in [-0.2, 0) is 9.84 Å². The molecule has 3 aromatic rings. The first kappa shape index (κ1) is 23.6. The van der Waals surface area contributed by atoms with Crippen LogP contribution < -0.4 is 5.32 Å². The molecule has 3 rings (SSSR count). The van der Waals surface area contributed by atoms with Crippen LogP contribution in [0.3, 0.4) is 0 Å². The molecule has 0 unspecified atom stereocenters. The van der Waals surface area contributed by atoms with E-state index in [0.717, 1.165) is 11.1 Å². The van der Waals surface area contributed by atoms with Gasteiger partial charge in [0, 0.05) is 42.3 Å². The van der Waals surface area contributed by atoms with E-state index in [1.54, 1.807) is 23.2 Å². The van der Waals surface area contributed by atoms with Gasteiger partial charge in [0.05, 0.1) is 16.1 Å². The molecule has 160 valence electrons. The van der Waals surface area contributed by atoms with E-state index in [4.69, 9.17) is 0 Å². The number of aromatic nitrogens is 2. The number of nitrogens with one attached hydrogen (secondary N) is 1. The highest BCUT2D eigenvalue weighted by Crippen LogP contribution is 2.30. The summed E-state index contributed by atoms with van der Waals surface area (Å²) in [5.41, 5.74) is 3.08. The van der Waals surface area contributed by atoms with Gasteiger partial charge in [-0.1, -0.05) is 0 Å². The molecule has 0 spiro atoms. The van der Waals surface area contributed by atoms with E-state index in [9.17, 15) is 13.2 Å². The molecular formula is C21H25ClN4O3S. The SMILES string of the molecule is CCN(CC)C(=O)c1cnc2nc(C)ccc2c1Nc1ccc(S(C)(=O)=O)cc1.Cl. The van der Waals surface area contributed by atoms with Gasteiger partial charge in [-0.3, -0.25) is 4.79 Å². The molecule has 2 aromatic heterocycles. The number of benzene rings is 1. The lowest BCUT2D eigenvalue weighted by atomic mass is 10.1. The van der Waals surface area contributed by atoms with Crippen molar-refractivity contribution in [2.24, 2.45) is 0 Å². The summed E-state index contributed by atoms with van der Waals surface area (Å²) in [6.45, 7) is 6.91. The van der Waals surface area contributed by atoms with Crippen molar-refractivity contribution in [3.8, 4) is 0 Å². The van der Waals surface area contributed by atoms with Crippen molar-refractivity contribution in [3.05, 3.63) is 53.9 Å². The summed E-state index contributed by atoms with van der Waals surface area (Å²) < 4.78 is 23.4. The van der Waals surface area contributed by atoms with Gasteiger partial charge in [-0.05, 0) is 57.2 Å². The average molecular weight is 449 g/mol. The van der Waals surface area contributed by atoms with Gasteiger partial charge in [0.15, 0.2) is 15.5 Å². The van der Waals surface area contributed by atoms with Gasteiger partial charge in [-0.2, -0.15) is 0 Å². The molecule has 0 aliphatic carbocycles. The minimum atomic E-state index is -3.28. The molecule has 0 aliphatic heterocycles. The van der Waals surface area contributed by atoms with E-state index in [1.807, 2.05) is 32.9 Å². The van der Waals surface area contributed by atoms with E-state index in [0.29, 0.717) is 35.7 Å². The molecule has 0 aliphatic rings. The van der Waals surface area contributed by atoms with Crippen LogP contribution in [0.15, 0.2) is 47.5 Å². The highest BCUT2D eigenvalue weighted by Gasteiger charge is 2.20. The first-order chi connectivity index (χ1) is 13.7. The third-order valence-electron chi connectivity index (χ3n) is 4.70. The number of aryl methyl sites for hydroxylation is 1. The van der Waals surface area contributed by atoms with Crippen LogP contribution in [0.4, 0.5) is 11.4 Å². The number of pyridine rings is 2. The van der Waals surface area contributed by atoms with Crippen molar-refractivity contribution < 1.29 is 13.2 Å². The van der Waals surface area contributed by atoms with Crippen molar-refractivity contribution in [3.63, 3.8) is 0 Å². The summed E-state index contributed by atoms with van der Waals surface area (Å²) in [5.74, 6) is -0.125. The summed E-state index contributed by atoms with van der Waals surface area (Å²) in [6, 6.07) is 10.2. The number of nitrogens with zero attached hydrogens (tertiary/aromatic N) is 3. The summed E-state index contributed by atoms with van der Waals surface area (Å²) >= 11 is 0. The van der Waals surface area contributed by atoms with E-state index in [2.05, 4.69) is 15.3 Å². The molecule has 9 heteroatoms. The molecular weight excluding hydrogens is 424 g/mol. The summed E-state index contributed by atoms with van der Waals surface area (Å²) in [7, 11) is -3.28. The number of sulfone groups is 1. The third-order valence-corrected chi connectivity index (χ3v) is 5.83. The summed E-state index contributed by atoms with van der Waals surface area (Å²) in [4.78, 5) is 23.9. The fourth-order valence-corrected chi connectivity index (χ4v) is 3.71. The maximum atomic E-state index is 13.1. The molecule has 1 aromatic carbocycles. The Balaban J connectivity index is 0.00000320. The molecule has 7 nitrogen and oxygen atoms in total.